The van der Waals surface area contributed by atoms with E-state index in [-0.39, 0.29) is 5.39 Å². The van der Waals surface area contributed by atoms with Gasteiger partial charge in [-0.1, -0.05) is 41.5 Å². The first-order chi connectivity index (χ1) is 12.3. The van der Waals surface area contributed by atoms with Crippen LogP contribution in [-0.4, -0.2) is 4.98 Å². The molecule has 0 spiro atoms. The molecule has 0 saturated heterocycles. The quantitative estimate of drug-likeness (QED) is 0.348. The summed E-state index contributed by atoms with van der Waals surface area (Å²) in [5.41, 5.74) is 2.89. The molecule has 0 atom stereocenters. The van der Waals surface area contributed by atoms with E-state index in [2.05, 4.69) is 4.98 Å². The molecular weight excluding hydrogens is 335 g/mol. The largest absolute Gasteiger partial charge is 0.417 e. The number of halogens is 3. The zero-order valence-corrected chi connectivity index (χ0v) is 14.4. The summed E-state index contributed by atoms with van der Waals surface area (Å²) in [6.07, 6.45) is -2.97. The Bertz CT molecular complexity index is 1120. The van der Waals surface area contributed by atoms with Gasteiger partial charge in [-0.05, 0) is 54.3 Å². The lowest BCUT2D eigenvalue weighted by Gasteiger charge is -2.16. The number of benzene rings is 3. The predicted molar refractivity (Wildman–Crippen MR) is 99.2 cm³/mol. The van der Waals surface area contributed by atoms with Gasteiger partial charge in [-0.2, -0.15) is 13.2 Å². The van der Waals surface area contributed by atoms with E-state index in [0.717, 1.165) is 22.1 Å². The molecule has 0 amide bonds. The standard InChI is InChI=1S/C22H16F3N/c1-13-9-14(2)11-16(10-13)21-20-17-6-4-3-5-15(17)12-19(22(23,24)25)18(20)7-8-26-21/h3-12H,1-2H3. The lowest BCUT2D eigenvalue weighted by molar-refractivity contribution is -0.136. The Balaban J connectivity index is 2.21. The van der Waals surface area contributed by atoms with Crippen LogP contribution in [0.4, 0.5) is 13.2 Å². The molecule has 0 bridgehead atoms. The van der Waals surface area contributed by atoms with E-state index in [1.54, 1.807) is 12.1 Å². The summed E-state index contributed by atoms with van der Waals surface area (Å²) in [5, 5.41) is 2.06. The van der Waals surface area contributed by atoms with E-state index in [1.165, 1.54) is 18.3 Å². The lowest BCUT2D eigenvalue weighted by Crippen LogP contribution is -2.06. The molecule has 4 heteroatoms. The van der Waals surface area contributed by atoms with Crippen molar-refractivity contribution >= 4 is 21.5 Å². The fourth-order valence-electron chi connectivity index (χ4n) is 3.61. The summed E-state index contributed by atoms with van der Waals surface area (Å²) in [6, 6.07) is 15.8. The molecule has 0 aliphatic carbocycles. The number of rotatable bonds is 1. The summed E-state index contributed by atoms with van der Waals surface area (Å²) >= 11 is 0. The van der Waals surface area contributed by atoms with E-state index in [1.807, 2.05) is 44.2 Å². The summed E-state index contributed by atoms with van der Waals surface area (Å²) in [4.78, 5) is 4.47. The normalized spacial score (nSPS) is 12.0. The average molecular weight is 351 g/mol. The third kappa shape index (κ3) is 2.71. The van der Waals surface area contributed by atoms with Crippen LogP contribution in [0.25, 0.3) is 32.8 Å². The fraction of sp³-hybridized carbons (Fsp3) is 0.136. The summed E-state index contributed by atoms with van der Waals surface area (Å²) < 4.78 is 41.1. The first-order valence-electron chi connectivity index (χ1n) is 8.31. The smallest absolute Gasteiger partial charge is 0.256 e. The summed E-state index contributed by atoms with van der Waals surface area (Å²) in [6.45, 7) is 3.95. The van der Waals surface area contributed by atoms with Crippen molar-refractivity contribution in [3.05, 3.63) is 77.5 Å². The predicted octanol–water partition coefficient (Wildman–Crippen LogP) is 6.69. The van der Waals surface area contributed by atoms with Gasteiger partial charge < -0.3 is 0 Å². The Labute approximate surface area is 149 Å². The van der Waals surface area contributed by atoms with E-state index < -0.39 is 11.7 Å². The van der Waals surface area contributed by atoms with Gasteiger partial charge in [0.2, 0.25) is 0 Å². The maximum Gasteiger partial charge on any atom is 0.417 e. The molecule has 0 unspecified atom stereocenters. The monoisotopic (exact) mass is 351 g/mol. The zero-order valence-electron chi connectivity index (χ0n) is 14.4. The summed E-state index contributed by atoms with van der Waals surface area (Å²) in [7, 11) is 0. The molecule has 4 rings (SSSR count). The first-order valence-corrected chi connectivity index (χ1v) is 8.31. The topological polar surface area (TPSA) is 12.9 Å². The Hall–Kier alpha value is -2.88. The van der Waals surface area contributed by atoms with Crippen LogP contribution in [0.15, 0.2) is 60.8 Å². The average Bonchev–Trinajstić information content (AvgIpc) is 2.58. The number of aromatic nitrogens is 1. The lowest BCUT2D eigenvalue weighted by atomic mass is 9.93. The van der Waals surface area contributed by atoms with Crippen molar-refractivity contribution in [2.24, 2.45) is 0 Å². The van der Waals surface area contributed by atoms with Crippen LogP contribution in [0.1, 0.15) is 16.7 Å². The molecule has 0 N–H and O–H groups in total. The van der Waals surface area contributed by atoms with Gasteiger partial charge in [0, 0.05) is 17.1 Å². The van der Waals surface area contributed by atoms with Crippen LogP contribution in [0, 0.1) is 13.8 Å². The van der Waals surface area contributed by atoms with Crippen molar-refractivity contribution in [1.29, 1.82) is 0 Å². The minimum absolute atomic E-state index is 0.181. The second-order valence-electron chi connectivity index (χ2n) is 6.60. The van der Waals surface area contributed by atoms with Gasteiger partial charge >= 0.3 is 6.18 Å². The van der Waals surface area contributed by atoms with Crippen molar-refractivity contribution < 1.29 is 13.2 Å². The molecule has 1 heterocycles. The number of hydrogen-bond acceptors (Lipinski definition) is 1. The SMILES string of the molecule is Cc1cc(C)cc(-c2nccc3c(C(F)(F)F)cc4ccccc4c23)c1. The van der Waals surface area contributed by atoms with Crippen LogP contribution < -0.4 is 0 Å². The van der Waals surface area contributed by atoms with Crippen LogP contribution in [0.5, 0.6) is 0 Å². The van der Waals surface area contributed by atoms with Crippen molar-refractivity contribution in [3.8, 4) is 11.3 Å². The molecule has 0 radical (unpaired) electrons. The third-order valence-electron chi connectivity index (χ3n) is 4.57. The number of aryl methyl sites for hydroxylation is 2. The molecule has 0 fully saturated rings. The Kier molecular flexibility index (Phi) is 3.72. The van der Waals surface area contributed by atoms with Crippen molar-refractivity contribution in [3.63, 3.8) is 0 Å². The van der Waals surface area contributed by atoms with Crippen LogP contribution >= 0.6 is 0 Å². The number of pyridine rings is 1. The molecular formula is C22H16F3N. The number of nitrogens with zero attached hydrogens (tertiary/aromatic N) is 1. The van der Waals surface area contributed by atoms with Gasteiger partial charge in [-0.15, -0.1) is 0 Å². The van der Waals surface area contributed by atoms with Crippen LogP contribution in [-0.2, 0) is 6.18 Å². The van der Waals surface area contributed by atoms with Crippen molar-refractivity contribution in [2.45, 2.75) is 20.0 Å². The van der Waals surface area contributed by atoms with E-state index in [9.17, 15) is 13.2 Å². The highest BCUT2D eigenvalue weighted by molar-refractivity contribution is 6.14. The Morgan fingerprint density at radius 2 is 1.50 bits per heavy atom. The maximum atomic E-state index is 13.7. The van der Waals surface area contributed by atoms with Gasteiger partial charge in [0.25, 0.3) is 0 Å². The minimum Gasteiger partial charge on any atom is -0.256 e. The highest BCUT2D eigenvalue weighted by atomic mass is 19.4. The van der Waals surface area contributed by atoms with E-state index in [0.29, 0.717) is 16.5 Å². The van der Waals surface area contributed by atoms with Gasteiger partial charge in [0.05, 0.1) is 11.3 Å². The molecule has 0 saturated carbocycles. The van der Waals surface area contributed by atoms with Crippen LogP contribution in [0.3, 0.4) is 0 Å². The molecule has 4 aromatic rings. The van der Waals surface area contributed by atoms with Crippen molar-refractivity contribution in [1.82, 2.24) is 4.98 Å². The molecule has 0 aliphatic heterocycles. The first kappa shape index (κ1) is 16.6. The molecule has 130 valence electrons. The number of alkyl halides is 3. The highest BCUT2D eigenvalue weighted by Crippen LogP contribution is 2.41. The zero-order chi connectivity index (χ0) is 18.5. The number of fused-ring (bicyclic) bond motifs is 3. The Morgan fingerprint density at radius 1 is 0.808 bits per heavy atom. The minimum atomic E-state index is -4.43. The molecule has 1 nitrogen and oxygen atoms in total. The van der Waals surface area contributed by atoms with Crippen molar-refractivity contribution in [2.75, 3.05) is 0 Å². The highest BCUT2D eigenvalue weighted by Gasteiger charge is 2.33. The van der Waals surface area contributed by atoms with Gasteiger partial charge in [0.1, 0.15) is 0 Å². The second kappa shape index (κ2) is 5.84. The molecule has 26 heavy (non-hydrogen) atoms. The second-order valence-corrected chi connectivity index (χ2v) is 6.60. The summed E-state index contributed by atoms with van der Waals surface area (Å²) in [5.74, 6) is 0. The molecule has 3 aromatic carbocycles. The van der Waals surface area contributed by atoms with E-state index in [4.69, 9.17) is 0 Å². The van der Waals surface area contributed by atoms with Gasteiger partial charge in [-0.25, -0.2) is 0 Å². The fourth-order valence-corrected chi connectivity index (χ4v) is 3.61. The van der Waals surface area contributed by atoms with Gasteiger partial charge in [0.15, 0.2) is 0 Å². The molecule has 0 aliphatic rings. The Morgan fingerprint density at radius 3 is 2.19 bits per heavy atom. The number of hydrogen-bond donors (Lipinski definition) is 0. The molecule has 1 aromatic heterocycles. The van der Waals surface area contributed by atoms with E-state index >= 15 is 0 Å². The van der Waals surface area contributed by atoms with Crippen LogP contribution in [0.2, 0.25) is 0 Å². The van der Waals surface area contributed by atoms with Gasteiger partial charge in [-0.3, -0.25) is 4.98 Å². The third-order valence-corrected chi connectivity index (χ3v) is 4.57. The maximum absolute atomic E-state index is 13.7.